The van der Waals surface area contributed by atoms with Crippen molar-refractivity contribution in [2.24, 2.45) is 5.92 Å². The molecule has 8 heteroatoms. The summed E-state index contributed by atoms with van der Waals surface area (Å²) in [6, 6.07) is 19.1. The van der Waals surface area contributed by atoms with Crippen molar-refractivity contribution in [3.8, 4) is 0 Å². The predicted octanol–water partition coefficient (Wildman–Crippen LogP) is 6.26. The second kappa shape index (κ2) is 14.1. The molecule has 2 amide bonds. The van der Waals surface area contributed by atoms with Crippen LogP contribution in [0.1, 0.15) is 30.5 Å². The van der Waals surface area contributed by atoms with Crippen molar-refractivity contribution in [3.63, 3.8) is 0 Å². The molecule has 0 unspecified atom stereocenters. The van der Waals surface area contributed by atoms with Gasteiger partial charge in [-0.15, -0.1) is 11.8 Å². The molecule has 4 nitrogen and oxygen atoms in total. The van der Waals surface area contributed by atoms with Crippen LogP contribution in [0, 0.1) is 17.6 Å². The van der Waals surface area contributed by atoms with Gasteiger partial charge in [0, 0.05) is 35.8 Å². The maximum absolute atomic E-state index is 14.2. The van der Waals surface area contributed by atoms with E-state index in [0.717, 1.165) is 5.56 Å². The highest BCUT2D eigenvalue weighted by molar-refractivity contribution is 7.99. The first-order chi connectivity index (χ1) is 17.7. The Balaban J connectivity index is 1.85. The van der Waals surface area contributed by atoms with Crippen LogP contribution in [0.3, 0.4) is 0 Å². The van der Waals surface area contributed by atoms with Crippen molar-refractivity contribution in [2.75, 3.05) is 12.3 Å². The number of carbonyl (C=O) groups excluding carboxylic acids is 2. The van der Waals surface area contributed by atoms with Crippen LogP contribution in [0.2, 0.25) is 5.02 Å². The Bertz CT molecular complexity index is 1160. The zero-order valence-corrected chi connectivity index (χ0v) is 22.5. The van der Waals surface area contributed by atoms with E-state index in [1.807, 2.05) is 44.2 Å². The van der Waals surface area contributed by atoms with Crippen molar-refractivity contribution in [3.05, 3.63) is 106 Å². The molecule has 0 radical (unpaired) electrons. The van der Waals surface area contributed by atoms with Crippen LogP contribution in [0.4, 0.5) is 8.78 Å². The molecule has 1 N–H and O–H groups in total. The van der Waals surface area contributed by atoms with Gasteiger partial charge in [-0.3, -0.25) is 9.59 Å². The van der Waals surface area contributed by atoms with E-state index in [9.17, 15) is 18.4 Å². The number of hydrogen-bond donors (Lipinski definition) is 1. The maximum atomic E-state index is 14.2. The molecule has 0 bridgehead atoms. The molecule has 196 valence electrons. The number of benzene rings is 3. The lowest BCUT2D eigenvalue weighted by molar-refractivity contribution is -0.139. The molecule has 0 aromatic heterocycles. The Labute approximate surface area is 226 Å². The quantitative estimate of drug-likeness (QED) is 0.292. The fourth-order valence-corrected chi connectivity index (χ4v) is 5.01. The van der Waals surface area contributed by atoms with Gasteiger partial charge in [0.15, 0.2) is 0 Å². The Hall–Kier alpha value is -2.90. The maximum Gasteiger partial charge on any atom is 0.243 e. The summed E-state index contributed by atoms with van der Waals surface area (Å²) < 4.78 is 27.7. The van der Waals surface area contributed by atoms with Crippen molar-refractivity contribution in [1.29, 1.82) is 0 Å². The van der Waals surface area contributed by atoms with Crippen molar-refractivity contribution < 1.29 is 18.4 Å². The van der Waals surface area contributed by atoms with Gasteiger partial charge >= 0.3 is 0 Å². The summed E-state index contributed by atoms with van der Waals surface area (Å²) in [6.07, 6.45) is 0.321. The molecule has 3 aromatic carbocycles. The molecule has 0 saturated heterocycles. The average Bonchev–Trinajstić information content (AvgIpc) is 2.88. The molecule has 0 fully saturated rings. The van der Waals surface area contributed by atoms with Gasteiger partial charge in [0.25, 0.3) is 0 Å². The molecular weight excluding hydrogens is 514 g/mol. The van der Waals surface area contributed by atoms with Gasteiger partial charge in [-0.25, -0.2) is 8.78 Å². The molecule has 1 atom stereocenters. The molecule has 0 heterocycles. The van der Waals surface area contributed by atoms with Crippen LogP contribution < -0.4 is 5.32 Å². The first kappa shape index (κ1) is 28.7. The Morgan fingerprint density at radius 3 is 2.30 bits per heavy atom. The minimum Gasteiger partial charge on any atom is -0.354 e. The summed E-state index contributed by atoms with van der Waals surface area (Å²) in [6.45, 7) is 4.60. The van der Waals surface area contributed by atoms with Crippen LogP contribution in [0.15, 0.2) is 72.8 Å². The largest absolute Gasteiger partial charge is 0.354 e. The minimum atomic E-state index is -0.781. The zero-order chi connectivity index (χ0) is 26.8. The van der Waals surface area contributed by atoms with Crippen LogP contribution in [0.5, 0.6) is 0 Å². The summed E-state index contributed by atoms with van der Waals surface area (Å²) in [7, 11) is 0. The van der Waals surface area contributed by atoms with Gasteiger partial charge in [-0.1, -0.05) is 74.0 Å². The normalized spacial score (nSPS) is 11.8. The monoisotopic (exact) mass is 544 g/mol. The summed E-state index contributed by atoms with van der Waals surface area (Å²) >= 11 is 7.37. The van der Waals surface area contributed by atoms with Gasteiger partial charge in [0.05, 0.1) is 5.75 Å². The van der Waals surface area contributed by atoms with E-state index in [0.29, 0.717) is 29.1 Å². The van der Waals surface area contributed by atoms with Crippen molar-refractivity contribution in [1.82, 2.24) is 10.2 Å². The third-order valence-electron chi connectivity index (χ3n) is 5.76. The summed E-state index contributed by atoms with van der Waals surface area (Å²) in [4.78, 5) is 28.5. The number of nitrogens with one attached hydrogen (secondary N) is 1. The van der Waals surface area contributed by atoms with E-state index in [2.05, 4.69) is 5.32 Å². The first-order valence-electron chi connectivity index (χ1n) is 12.1. The van der Waals surface area contributed by atoms with E-state index in [1.54, 1.807) is 18.2 Å². The van der Waals surface area contributed by atoms with Crippen LogP contribution >= 0.6 is 23.4 Å². The number of nitrogens with zero attached hydrogens (tertiary/aromatic N) is 1. The number of thioether (sulfide) groups is 1. The molecule has 0 spiro atoms. The Morgan fingerprint density at radius 2 is 1.65 bits per heavy atom. The summed E-state index contributed by atoms with van der Waals surface area (Å²) in [5, 5.41) is 3.27. The number of carbonyl (C=O) groups is 2. The van der Waals surface area contributed by atoms with Crippen LogP contribution in [0.25, 0.3) is 0 Å². The standard InChI is InChI=1S/C29H31ClF2N2O2S/c1-20(2)16-33-29(36)27(15-21-7-4-3-5-8-21)34(17-22-11-13-23(31)14-12-22)28(35)19-37-18-24-25(30)9-6-10-26(24)32/h3-14,20,27H,15-19H2,1-2H3,(H,33,36)/t27-/m0/s1. The third-order valence-corrected chi connectivity index (χ3v) is 7.05. The van der Waals surface area contributed by atoms with E-state index in [-0.39, 0.29) is 41.6 Å². The summed E-state index contributed by atoms with van der Waals surface area (Å²) in [5.74, 6) is -0.861. The smallest absolute Gasteiger partial charge is 0.243 e. The Kier molecular flexibility index (Phi) is 11.0. The number of rotatable bonds is 12. The highest BCUT2D eigenvalue weighted by Gasteiger charge is 2.30. The van der Waals surface area contributed by atoms with Crippen molar-refractivity contribution in [2.45, 2.75) is 38.6 Å². The lowest BCUT2D eigenvalue weighted by Crippen LogP contribution is -2.51. The van der Waals surface area contributed by atoms with E-state index in [4.69, 9.17) is 11.6 Å². The lowest BCUT2D eigenvalue weighted by Gasteiger charge is -2.32. The fraction of sp³-hybridized carbons (Fsp3) is 0.310. The van der Waals surface area contributed by atoms with E-state index in [1.165, 1.54) is 40.9 Å². The molecule has 37 heavy (non-hydrogen) atoms. The van der Waals surface area contributed by atoms with Gasteiger partial charge in [-0.05, 0) is 41.3 Å². The molecule has 3 rings (SSSR count). The van der Waals surface area contributed by atoms with Crippen molar-refractivity contribution >= 4 is 35.2 Å². The second-order valence-corrected chi connectivity index (χ2v) is 10.6. The van der Waals surface area contributed by atoms with Gasteiger partial charge in [0.2, 0.25) is 11.8 Å². The van der Waals surface area contributed by atoms with Gasteiger partial charge in [0.1, 0.15) is 17.7 Å². The van der Waals surface area contributed by atoms with E-state index >= 15 is 0 Å². The minimum absolute atomic E-state index is 0.0224. The number of hydrogen-bond acceptors (Lipinski definition) is 3. The molecule has 3 aromatic rings. The second-order valence-electron chi connectivity index (χ2n) is 9.19. The Morgan fingerprint density at radius 1 is 0.946 bits per heavy atom. The van der Waals surface area contributed by atoms with E-state index < -0.39 is 11.9 Å². The highest BCUT2D eigenvalue weighted by Crippen LogP contribution is 2.25. The highest BCUT2D eigenvalue weighted by atomic mass is 35.5. The summed E-state index contributed by atoms with van der Waals surface area (Å²) in [5.41, 5.74) is 1.95. The molecule has 0 aliphatic carbocycles. The average molecular weight is 545 g/mol. The van der Waals surface area contributed by atoms with Crippen LogP contribution in [-0.2, 0) is 28.3 Å². The number of halogens is 3. The molecular formula is C29H31ClF2N2O2S. The number of amides is 2. The van der Waals surface area contributed by atoms with Crippen LogP contribution in [-0.4, -0.2) is 35.1 Å². The zero-order valence-electron chi connectivity index (χ0n) is 20.9. The molecule has 0 saturated carbocycles. The SMILES string of the molecule is CC(C)CNC(=O)[C@H](Cc1ccccc1)N(Cc1ccc(F)cc1)C(=O)CSCc1c(F)cccc1Cl. The lowest BCUT2D eigenvalue weighted by atomic mass is 10.0. The van der Waals surface area contributed by atoms with Gasteiger partial charge in [-0.2, -0.15) is 0 Å². The molecule has 0 aliphatic heterocycles. The van der Waals surface area contributed by atoms with Gasteiger partial charge < -0.3 is 10.2 Å². The fourth-order valence-electron chi connectivity index (χ4n) is 3.76. The predicted molar refractivity (Wildman–Crippen MR) is 146 cm³/mol. The molecule has 0 aliphatic rings. The topological polar surface area (TPSA) is 49.4 Å². The first-order valence-corrected chi connectivity index (χ1v) is 13.6. The third kappa shape index (κ3) is 8.86.